The Labute approximate surface area is 178 Å². The first-order valence-corrected chi connectivity index (χ1v) is 10.4. The Hall–Kier alpha value is -2.44. The topological polar surface area (TPSA) is 93.1 Å². The molecule has 0 fully saturated rings. The van der Waals surface area contributed by atoms with Crippen molar-refractivity contribution < 1.29 is 29.3 Å². The van der Waals surface area contributed by atoms with Crippen molar-refractivity contribution in [1.82, 2.24) is 0 Å². The summed E-state index contributed by atoms with van der Waals surface area (Å²) in [5, 5.41) is 18.0. The second-order valence-electron chi connectivity index (χ2n) is 7.89. The number of benzene rings is 1. The maximum atomic E-state index is 11.9. The third-order valence-electron chi connectivity index (χ3n) is 5.54. The molecule has 0 saturated carbocycles. The Morgan fingerprint density at radius 3 is 2.20 bits per heavy atom. The molecule has 1 aromatic carbocycles. The molecule has 164 valence electrons. The SMILES string of the molecule is C=C(CO)C(=O)OCC(COC(=O)C(=C)CO)CC1CCc2cc(CC)ccc2C1. The van der Waals surface area contributed by atoms with Gasteiger partial charge in [0.1, 0.15) is 0 Å². The average Bonchev–Trinajstić information content (AvgIpc) is 2.78. The summed E-state index contributed by atoms with van der Waals surface area (Å²) in [5.74, 6) is -1.13. The van der Waals surface area contributed by atoms with Crippen LogP contribution in [0.2, 0.25) is 0 Å². The van der Waals surface area contributed by atoms with Gasteiger partial charge in [-0.3, -0.25) is 0 Å². The van der Waals surface area contributed by atoms with Crippen LogP contribution in [0.25, 0.3) is 0 Å². The van der Waals surface area contributed by atoms with E-state index in [1.165, 1.54) is 16.7 Å². The fraction of sp³-hybridized carbons (Fsp3) is 0.500. The monoisotopic (exact) mass is 416 g/mol. The second-order valence-corrected chi connectivity index (χ2v) is 7.89. The van der Waals surface area contributed by atoms with Crippen LogP contribution in [0.4, 0.5) is 0 Å². The molecule has 1 unspecified atom stereocenters. The summed E-state index contributed by atoms with van der Waals surface area (Å²) < 4.78 is 10.5. The lowest BCUT2D eigenvalue weighted by Gasteiger charge is -2.28. The smallest absolute Gasteiger partial charge is 0.335 e. The van der Waals surface area contributed by atoms with Crippen molar-refractivity contribution in [3.8, 4) is 0 Å². The van der Waals surface area contributed by atoms with Crippen LogP contribution in [0.15, 0.2) is 42.5 Å². The Morgan fingerprint density at radius 2 is 1.67 bits per heavy atom. The van der Waals surface area contributed by atoms with Gasteiger partial charge in [0.25, 0.3) is 0 Å². The number of aliphatic hydroxyl groups is 2. The molecule has 0 saturated heterocycles. The van der Waals surface area contributed by atoms with E-state index in [9.17, 15) is 9.59 Å². The molecule has 0 aromatic heterocycles. The minimum atomic E-state index is -0.658. The largest absolute Gasteiger partial charge is 0.462 e. The van der Waals surface area contributed by atoms with E-state index in [-0.39, 0.29) is 30.3 Å². The molecule has 0 spiro atoms. The molecular weight excluding hydrogens is 384 g/mol. The predicted molar refractivity (Wildman–Crippen MR) is 114 cm³/mol. The molecule has 0 aliphatic heterocycles. The van der Waals surface area contributed by atoms with Crippen molar-refractivity contribution in [3.63, 3.8) is 0 Å². The van der Waals surface area contributed by atoms with Crippen molar-refractivity contribution in [2.24, 2.45) is 11.8 Å². The standard InChI is InChI=1S/C24H32O6/c1-4-18-5-7-22-11-19(6-8-21(22)10-18)9-20(14-29-23(27)16(2)12-25)15-30-24(28)17(3)13-26/h5,7,10,19-20,25-26H,2-4,6,8-9,11-15H2,1H3. The minimum absolute atomic E-state index is 0.0160. The second kappa shape index (κ2) is 11.7. The lowest BCUT2D eigenvalue weighted by atomic mass is 9.79. The summed E-state index contributed by atoms with van der Waals surface area (Å²) in [6.07, 6.45) is 4.71. The van der Waals surface area contributed by atoms with E-state index >= 15 is 0 Å². The molecule has 0 amide bonds. The molecule has 2 rings (SSSR count). The van der Waals surface area contributed by atoms with Gasteiger partial charge in [-0.2, -0.15) is 0 Å². The number of rotatable bonds is 11. The number of hydrogen-bond acceptors (Lipinski definition) is 6. The van der Waals surface area contributed by atoms with Gasteiger partial charge in [0.05, 0.1) is 37.6 Å². The summed E-state index contributed by atoms with van der Waals surface area (Å²) in [6, 6.07) is 6.66. The van der Waals surface area contributed by atoms with E-state index in [4.69, 9.17) is 19.7 Å². The molecule has 1 atom stereocenters. The molecule has 1 aliphatic carbocycles. The van der Waals surface area contributed by atoms with Gasteiger partial charge in [-0.1, -0.05) is 38.3 Å². The number of aliphatic hydroxyl groups excluding tert-OH is 2. The Morgan fingerprint density at radius 1 is 1.07 bits per heavy atom. The van der Waals surface area contributed by atoms with Crippen molar-refractivity contribution in [2.75, 3.05) is 26.4 Å². The van der Waals surface area contributed by atoms with Crippen LogP contribution in [-0.4, -0.2) is 48.6 Å². The van der Waals surface area contributed by atoms with Gasteiger partial charge in [0, 0.05) is 5.92 Å². The summed E-state index contributed by atoms with van der Waals surface area (Å²) in [7, 11) is 0. The van der Waals surface area contributed by atoms with Crippen LogP contribution in [0.1, 0.15) is 36.5 Å². The van der Waals surface area contributed by atoms with Crippen LogP contribution in [0.5, 0.6) is 0 Å². The normalized spacial score (nSPS) is 15.4. The number of ether oxygens (including phenoxy) is 2. The Bertz CT molecular complexity index is 750. The van der Waals surface area contributed by atoms with Gasteiger partial charge in [-0.15, -0.1) is 0 Å². The molecule has 0 heterocycles. The maximum Gasteiger partial charge on any atom is 0.335 e. The number of fused-ring (bicyclic) bond motifs is 1. The van der Waals surface area contributed by atoms with Gasteiger partial charge < -0.3 is 19.7 Å². The zero-order valence-electron chi connectivity index (χ0n) is 17.7. The number of carbonyl (C=O) groups excluding carboxylic acids is 2. The van der Waals surface area contributed by atoms with E-state index in [0.29, 0.717) is 5.92 Å². The molecular formula is C24H32O6. The summed E-state index contributed by atoms with van der Waals surface area (Å²) in [6.45, 7) is 8.28. The van der Waals surface area contributed by atoms with Crippen molar-refractivity contribution >= 4 is 11.9 Å². The maximum absolute atomic E-state index is 11.9. The average molecular weight is 417 g/mol. The van der Waals surface area contributed by atoms with Crippen molar-refractivity contribution in [2.45, 2.75) is 39.0 Å². The summed E-state index contributed by atoms with van der Waals surface area (Å²) in [5.41, 5.74) is 4.06. The highest BCUT2D eigenvalue weighted by Gasteiger charge is 2.25. The van der Waals surface area contributed by atoms with Crippen LogP contribution >= 0.6 is 0 Å². The quantitative estimate of drug-likeness (QED) is 0.425. The van der Waals surface area contributed by atoms with Crippen LogP contribution < -0.4 is 0 Å². The molecule has 0 bridgehead atoms. The highest BCUT2D eigenvalue weighted by molar-refractivity contribution is 5.88. The highest BCUT2D eigenvalue weighted by atomic mass is 16.5. The van der Waals surface area contributed by atoms with Gasteiger partial charge in [0.2, 0.25) is 0 Å². The predicted octanol–water partition coefficient (Wildman–Crippen LogP) is 2.54. The van der Waals surface area contributed by atoms with E-state index in [2.05, 4.69) is 38.3 Å². The van der Waals surface area contributed by atoms with Crippen LogP contribution in [-0.2, 0) is 38.3 Å². The summed E-state index contributed by atoms with van der Waals surface area (Å²) >= 11 is 0. The van der Waals surface area contributed by atoms with E-state index < -0.39 is 25.2 Å². The molecule has 30 heavy (non-hydrogen) atoms. The van der Waals surface area contributed by atoms with Gasteiger partial charge >= 0.3 is 11.9 Å². The fourth-order valence-electron chi connectivity index (χ4n) is 3.68. The van der Waals surface area contributed by atoms with Gasteiger partial charge in [0.15, 0.2) is 0 Å². The molecule has 0 radical (unpaired) electrons. The zero-order valence-corrected chi connectivity index (χ0v) is 17.7. The Kier molecular flexibility index (Phi) is 9.27. The number of aryl methyl sites for hydroxylation is 2. The number of hydrogen-bond donors (Lipinski definition) is 2. The minimum Gasteiger partial charge on any atom is -0.462 e. The number of esters is 2. The van der Waals surface area contributed by atoms with Gasteiger partial charge in [-0.05, 0) is 54.7 Å². The molecule has 1 aliphatic rings. The Balaban J connectivity index is 2.00. The van der Waals surface area contributed by atoms with Crippen molar-refractivity contribution in [3.05, 3.63) is 59.2 Å². The lowest BCUT2D eigenvalue weighted by molar-refractivity contribution is -0.145. The first-order valence-electron chi connectivity index (χ1n) is 10.4. The van der Waals surface area contributed by atoms with E-state index in [1.54, 1.807) is 0 Å². The zero-order chi connectivity index (χ0) is 22.1. The van der Waals surface area contributed by atoms with Crippen molar-refractivity contribution in [1.29, 1.82) is 0 Å². The lowest BCUT2D eigenvalue weighted by Crippen LogP contribution is -2.26. The summed E-state index contributed by atoms with van der Waals surface area (Å²) in [4.78, 5) is 23.7. The fourth-order valence-corrected chi connectivity index (χ4v) is 3.68. The molecule has 6 nitrogen and oxygen atoms in total. The molecule has 2 N–H and O–H groups in total. The van der Waals surface area contributed by atoms with Crippen LogP contribution in [0, 0.1) is 11.8 Å². The van der Waals surface area contributed by atoms with Crippen LogP contribution in [0.3, 0.4) is 0 Å². The first-order chi connectivity index (χ1) is 14.4. The van der Waals surface area contributed by atoms with Gasteiger partial charge in [-0.25, -0.2) is 9.59 Å². The molecule has 1 aromatic rings. The number of carbonyl (C=O) groups is 2. The third-order valence-corrected chi connectivity index (χ3v) is 5.54. The van der Waals surface area contributed by atoms with E-state index in [1.807, 2.05) is 0 Å². The van der Waals surface area contributed by atoms with E-state index in [0.717, 1.165) is 32.1 Å². The first kappa shape index (κ1) is 23.8. The third kappa shape index (κ3) is 6.82. The highest BCUT2D eigenvalue weighted by Crippen LogP contribution is 2.31. The molecule has 6 heteroatoms.